The number of aromatic hydroxyl groups is 1. The number of halogens is 2. The third kappa shape index (κ3) is 4.85. The van der Waals surface area contributed by atoms with E-state index in [4.69, 9.17) is 23.2 Å². The first-order chi connectivity index (χ1) is 9.49. The number of nitrogens with zero attached hydrogens (tertiary/aromatic N) is 1. The summed E-state index contributed by atoms with van der Waals surface area (Å²) in [5.74, 6) is 0.148. The molecule has 0 aliphatic carbocycles. The number of phenolic OH excluding ortho intramolecular Hbond substituents is 1. The Balaban J connectivity index is 2.44. The Kier molecular flexibility index (Phi) is 7.13. The van der Waals surface area contributed by atoms with E-state index in [1.54, 1.807) is 11.0 Å². The Labute approximate surface area is 129 Å². The second kappa shape index (κ2) is 8.35. The highest BCUT2D eigenvalue weighted by molar-refractivity contribution is 6.35. The molecule has 1 aromatic carbocycles. The van der Waals surface area contributed by atoms with E-state index in [9.17, 15) is 9.90 Å². The number of carbonyl (C=O) groups is 1. The van der Waals surface area contributed by atoms with Crippen molar-refractivity contribution in [2.24, 2.45) is 0 Å². The van der Waals surface area contributed by atoms with Crippen LogP contribution in [-0.4, -0.2) is 35.5 Å². The zero-order chi connectivity index (χ0) is 15.1. The fourth-order valence-electron chi connectivity index (χ4n) is 1.91. The minimum atomic E-state index is 0.0265. The molecule has 0 radical (unpaired) electrons. The lowest BCUT2D eigenvalue weighted by molar-refractivity contribution is -0.130. The van der Waals surface area contributed by atoms with Gasteiger partial charge in [0.1, 0.15) is 5.75 Å². The van der Waals surface area contributed by atoms with E-state index in [0.29, 0.717) is 30.1 Å². The first-order valence-electron chi connectivity index (χ1n) is 6.64. The Morgan fingerprint density at radius 2 is 1.95 bits per heavy atom. The van der Waals surface area contributed by atoms with Crippen molar-refractivity contribution in [3.8, 4) is 5.75 Å². The van der Waals surface area contributed by atoms with Crippen LogP contribution in [0.2, 0.25) is 10.0 Å². The van der Waals surface area contributed by atoms with Crippen LogP contribution in [-0.2, 0) is 11.3 Å². The van der Waals surface area contributed by atoms with Crippen molar-refractivity contribution in [2.45, 2.75) is 26.8 Å². The van der Waals surface area contributed by atoms with Gasteiger partial charge in [0.25, 0.3) is 0 Å². The molecule has 0 unspecified atom stereocenters. The lowest BCUT2D eigenvalue weighted by atomic mass is 10.2. The van der Waals surface area contributed by atoms with Gasteiger partial charge in [0, 0.05) is 43.2 Å². The van der Waals surface area contributed by atoms with E-state index in [1.807, 2.05) is 13.8 Å². The molecule has 1 amide bonds. The van der Waals surface area contributed by atoms with Crippen LogP contribution in [0.15, 0.2) is 12.1 Å². The van der Waals surface area contributed by atoms with Gasteiger partial charge in [0.15, 0.2) is 0 Å². The highest BCUT2D eigenvalue weighted by Gasteiger charge is 2.10. The standard InChI is InChI=1S/C14H20Cl2N2O2/c1-3-18(4-2)13(19)5-6-17-9-10-7-11(15)8-12(16)14(10)20/h7-8,17,20H,3-6,9H2,1-2H3. The molecule has 0 aromatic heterocycles. The SMILES string of the molecule is CCN(CC)C(=O)CCNCc1cc(Cl)cc(Cl)c1O. The van der Waals surface area contributed by atoms with Gasteiger partial charge in [0.05, 0.1) is 5.02 Å². The van der Waals surface area contributed by atoms with Gasteiger partial charge in [-0.05, 0) is 26.0 Å². The normalized spacial score (nSPS) is 10.6. The van der Waals surface area contributed by atoms with Gasteiger partial charge in [-0.1, -0.05) is 23.2 Å². The zero-order valence-electron chi connectivity index (χ0n) is 11.7. The van der Waals surface area contributed by atoms with Gasteiger partial charge >= 0.3 is 0 Å². The van der Waals surface area contributed by atoms with Gasteiger partial charge in [-0.25, -0.2) is 0 Å². The molecular formula is C14H20Cl2N2O2. The maximum atomic E-state index is 11.8. The lowest BCUT2D eigenvalue weighted by Gasteiger charge is -2.18. The van der Waals surface area contributed by atoms with Crippen LogP contribution in [0.25, 0.3) is 0 Å². The number of amides is 1. The third-order valence-electron chi connectivity index (χ3n) is 3.05. The maximum absolute atomic E-state index is 11.8. The Morgan fingerprint density at radius 1 is 1.30 bits per heavy atom. The monoisotopic (exact) mass is 318 g/mol. The smallest absolute Gasteiger partial charge is 0.223 e. The summed E-state index contributed by atoms with van der Waals surface area (Å²) in [6, 6.07) is 3.15. The molecule has 0 aliphatic rings. The third-order valence-corrected chi connectivity index (χ3v) is 3.56. The molecule has 0 atom stereocenters. The molecule has 0 spiro atoms. The van der Waals surface area contributed by atoms with Gasteiger partial charge in [-0.15, -0.1) is 0 Å². The number of rotatable bonds is 7. The molecule has 0 fully saturated rings. The molecule has 0 aliphatic heterocycles. The largest absolute Gasteiger partial charge is 0.506 e. The fourth-order valence-corrected chi connectivity index (χ4v) is 2.44. The molecule has 6 heteroatoms. The van der Waals surface area contributed by atoms with E-state index in [2.05, 4.69) is 5.32 Å². The molecule has 1 rings (SSSR count). The summed E-state index contributed by atoms with van der Waals surface area (Å²) in [7, 11) is 0. The fraction of sp³-hybridized carbons (Fsp3) is 0.500. The Morgan fingerprint density at radius 3 is 2.55 bits per heavy atom. The number of nitrogens with one attached hydrogen (secondary N) is 1. The quantitative estimate of drug-likeness (QED) is 0.760. The summed E-state index contributed by atoms with van der Waals surface area (Å²) in [4.78, 5) is 13.6. The van der Waals surface area contributed by atoms with E-state index in [1.165, 1.54) is 6.07 Å². The molecule has 1 aromatic rings. The summed E-state index contributed by atoms with van der Waals surface area (Å²) in [5.41, 5.74) is 0.623. The van der Waals surface area contributed by atoms with Crippen molar-refractivity contribution in [1.29, 1.82) is 0 Å². The lowest BCUT2D eigenvalue weighted by Crippen LogP contribution is -2.32. The van der Waals surface area contributed by atoms with Crippen LogP contribution in [0.5, 0.6) is 5.75 Å². The molecular weight excluding hydrogens is 299 g/mol. The van der Waals surface area contributed by atoms with Crippen LogP contribution >= 0.6 is 23.2 Å². The molecule has 4 nitrogen and oxygen atoms in total. The Bertz CT molecular complexity index is 463. The average Bonchev–Trinajstić information content (AvgIpc) is 2.41. The van der Waals surface area contributed by atoms with Crippen LogP contribution in [0.4, 0.5) is 0 Å². The predicted molar refractivity (Wildman–Crippen MR) is 82.4 cm³/mol. The minimum absolute atomic E-state index is 0.0265. The van der Waals surface area contributed by atoms with Gasteiger partial charge in [0.2, 0.25) is 5.91 Å². The number of hydrogen-bond acceptors (Lipinski definition) is 3. The van der Waals surface area contributed by atoms with Crippen LogP contribution in [0.1, 0.15) is 25.8 Å². The van der Waals surface area contributed by atoms with Crippen LogP contribution in [0, 0.1) is 0 Å². The summed E-state index contributed by atoms with van der Waals surface area (Å²) in [6.45, 7) is 6.32. The van der Waals surface area contributed by atoms with Crippen molar-refractivity contribution in [3.05, 3.63) is 27.7 Å². The topological polar surface area (TPSA) is 52.6 Å². The van der Waals surface area contributed by atoms with Crippen molar-refractivity contribution in [2.75, 3.05) is 19.6 Å². The molecule has 20 heavy (non-hydrogen) atoms. The van der Waals surface area contributed by atoms with Gasteiger partial charge in [-0.2, -0.15) is 0 Å². The van der Waals surface area contributed by atoms with Gasteiger partial charge < -0.3 is 15.3 Å². The summed E-state index contributed by atoms with van der Waals surface area (Å²) in [5, 5.41) is 13.6. The molecule has 112 valence electrons. The highest BCUT2D eigenvalue weighted by atomic mass is 35.5. The van der Waals surface area contributed by atoms with Crippen molar-refractivity contribution >= 4 is 29.1 Å². The first-order valence-corrected chi connectivity index (χ1v) is 7.40. The molecule has 2 N–H and O–H groups in total. The maximum Gasteiger partial charge on any atom is 0.223 e. The first kappa shape index (κ1) is 17.1. The second-order valence-electron chi connectivity index (χ2n) is 4.39. The predicted octanol–water partition coefficient (Wildman–Crippen LogP) is 3.05. The number of carbonyl (C=O) groups excluding carboxylic acids is 1. The van der Waals surface area contributed by atoms with E-state index < -0.39 is 0 Å². The second-order valence-corrected chi connectivity index (χ2v) is 5.23. The zero-order valence-corrected chi connectivity index (χ0v) is 13.3. The summed E-state index contributed by atoms with van der Waals surface area (Å²) >= 11 is 11.7. The van der Waals surface area contributed by atoms with E-state index in [-0.39, 0.29) is 16.7 Å². The average molecular weight is 319 g/mol. The Hall–Kier alpha value is -0.970. The summed E-state index contributed by atoms with van der Waals surface area (Å²) in [6.07, 6.45) is 0.427. The van der Waals surface area contributed by atoms with Crippen molar-refractivity contribution in [3.63, 3.8) is 0 Å². The minimum Gasteiger partial charge on any atom is -0.506 e. The van der Waals surface area contributed by atoms with E-state index >= 15 is 0 Å². The van der Waals surface area contributed by atoms with Crippen molar-refractivity contribution < 1.29 is 9.90 Å². The summed E-state index contributed by atoms with van der Waals surface area (Å²) < 4.78 is 0. The molecule has 0 heterocycles. The van der Waals surface area contributed by atoms with Crippen molar-refractivity contribution in [1.82, 2.24) is 10.2 Å². The highest BCUT2D eigenvalue weighted by Crippen LogP contribution is 2.30. The number of hydrogen-bond donors (Lipinski definition) is 2. The van der Waals surface area contributed by atoms with E-state index in [0.717, 1.165) is 13.1 Å². The molecule has 0 bridgehead atoms. The number of phenols is 1. The van der Waals surface area contributed by atoms with Gasteiger partial charge in [-0.3, -0.25) is 4.79 Å². The molecule has 0 saturated heterocycles. The van der Waals surface area contributed by atoms with Crippen LogP contribution in [0.3, 0.4) is 0 Å². The molecule has 0 saturated carbocycles. The van der Waals surface area contributed by atoms with Crippen LogP contribution < -0.4 is 5.32 Å². The number of benzene rings is 1.